The van der Waals surface area contributed by atoms with Gasteiger partial charge in [-0.05, 0) is 57.9 Å². The highest BCUT2D eigenvalue weighted by molar-refractivity contribution is 5.67. The van der Waals surface area contributed by atoms with Crippen molar-refractivity contribution >= 4 is 0 Å². The molecule has 1 aliphatic carbocycles. The Morgan fingerprint density at radius 2 is 1.61 bits per heavy atom. The summed E-state index contributed by atoms with van der Waals surface area (Å²) >= 11 is 0. The van der Waals surface area contributed by atoms with Gasteiger partial charge in [0.15, 0.2) is 6.29 Å². The van der Waals surface area contributed by atoms with E-state index in [2.05, 4.69) is 87.2 Å². The van der Waals surface area contributed by atoms with Gasteiger partial charge >= 0.3 is 0 Å². The summed E-state index contributed by atoms with van der Waals surface area (Å²) in [6.07, 6.45) is 3.32. The maximum absolute atomic E-state index is 9.59. The predicted octanol–water partition coefficient (Wildman–Crippen LogP) is 7.00. The molecule has 0 amide bonds. The molecule has 218 valence electrons. The number of hydrogen-bond acceptors (Lipinski definition) is 5. The fraction of sp³-hybridized carbons (Fsp3) is 0.500. The van der Waals surface area contributed by atoms with Crippen LogP contribution in [0.5, 0.6) is 0 Å². The third-order valence-corrected chi connectivity index (χ3v) is 9.79. The maximum Gasteiger partial charge on any atom is 0.184 e. The lowest BCUT2D eigenvalue weighted by atomic mass is 9.65. The number of aliphatic hydroxyl groups excluding tert-OH is 1. The summed E-state index contributed by atoms with van der Waals surface area (Å²) in [5.41, 5.74) is 13.3. The SMILES string of the molecule is C[C@@H]1[C@H](CN2CC3(C)CC2CC(C)(C)C3)O[C@H](c2ccc(-c3ccccc3CN)cc2)O[C@@H]1c1ccc(CO)cc1. The van der Waals surface area contributed by atoms with Crippen LogP contribution in [0.4, 0.5) is 0 Å². The molecule has 0 spiro atoms. The molecule has 1 saturated carbocycles. The first-order valence-electron chi connectivity index (χ1n) is 15.3. The van der Waals surface area contributed by atoms with Crippen molar-refractivity contribution in [3.63, 3.8) is 0 Å². The number of ether oxygens (including phenoxy) is 2. The molecule has 2 unspecified atom stereocenters. The Kier molecular flexibility index (Phi) is 7.86. The second-order valence-electron chi connectivity index (χ2n) is 13.9. The summed E-state index contributed by atoms with van der Waals surface area (Å²) in [6, 6.07) is 25.7. The van der Waals surface area contributed by atoms with Crippen LogP contribution in [0.2, 0.25) is 0 Å². The molecular weight excluding hydrogens is 508 g/mol. The number of rotatable bonds is 7. The molecule has 3 aliphatic rings. The van der Waals surface area contributed by atoms with E-state index in [9.17, 15) is 5.11 Å². The Bertz CT molecular complexity index is 1340. The zero-order valence-corrected chi connectivity index (χ0v) is 25.1. The zero-order chi connectivity index (χ0) is 28.8. The number of fused-ring (bicyclic) bond motifs is 2. The molecule has 2 saturated heterocycles. The Morgan fingerprint density at radius 3 is 2.32 bits per heavy atom. The van der Waals surface area contributed by atoms with Crippen LogP contribution >= 0.6 is 0 Å². The van der Waals surface area contributed by atoms with Crippen LogP contribution in [0, 0.1) is 16.7 Å². The van der Waals surface area contributed by atoms with Crippen molar-refractivity contribution in [3.05, 3.63) is 95.1 Å². The van der Waals surface area contributed by atoms with E-state index in [0.717, 1.165) is 46.5 Å². The normalized spacial score (nSPS) is 31.3. The Balaban J connectivity index is 1.28. The lowest BCUT2D eigenvalue weighted by Gasteiger charge is -2.43. The lowest BCUT2D eigenvalue weighted by molar-refractivity contribution is -0.276. The second kappa shape index (κ2) is 11.3. The average molecular weight is 555 g/mol. The van der Waals surface area contributed by atoms with E-state index in [1.165, 1.54) is 19.3 Å². The van der Waals surface area contributed by atoms with Crippen LogP contribution in [0.15, 0.2) is 72.8 Å². The van der Waals surface area contributed by atoms with Gasteiger partial charge in [-0.1, -0.05) is 100 Å². The van der Waals surface area contributed by atoms with Gasteiger partial charge in [0.25, 0.3) is 0 Å². The van der Waals surface area contributed by atoms with Gasteiger partial charge in [-0.2, -0.15) is 0 Å². The molecule has 6 atom stereocenters. The van der Waals surface area contributed by atoms with Gasteiger partial charge in [-0.15, -0.1) is 0 Å². The molecule has 3 fully saturated rings. The van der Waals surface area contributed by atoms with E-state index in [-0.39, 0.29) is 24.7 Å². The van der Waals surface area contributed by atoms with E-state index >= 15 is 0 Å². The Morgan fingerprint density at radius 1 is 0.902 bits per heavy atom. The van der Waals surface area contributed by atoms with Gasteiger partial charge in [0.05, 0.1) is 18.8 Å². The lowest BCUT2D eigenvalue weighted by Crippen LogP contribution is -2.46. The highest BCUT2D eigenvalue weighted by Gasteiger charge is 2.51. The largest absolute Gasteiger partial charge is 0.392 e. The molecule has 5 nitrogen and oxygen atoms in total. The van der Waals surface area contributed by atoms with Gasteiger partial charge in [0.1, 0.15) is 0 Å². The molecule has 0 aromatic heterocycles. The van der Waals surface area contributed by atoms with Gasteiger partial charge < -0.3 is 20.3 Å². The zero-order valence-electron chi connectivity index (χ0n) is 25.1. The van der Waals surface area contributed by atoms with Crippen LogP contribution in [0.1, 0.15) is 81.6 Å². The van der Waals surface area contributed by atoms with Crippen LogP contribution in [-0.2, 0) is 22.6 Å². The molecule has 6 rings (SSSR count). The molecule has 5 heteroatoms. The first kappa shape index (κ1) is 28.6. The highest BCUT2D eigenvalue weighted by Crippen LogP contribution is 2.53. The summed E-state index contributed by atoms with van der Waals surface area (Å²) in [5.74, 6) is 0.184. The minimum Gasteiger partial charge on any atom is -0.392 e. The molecule has 2 bridgehead atoms. The smallest absolute Gasteiger partial charge is 0.184 e. The van der Waals surface area contributed by atoms with E-state index in [0.29, 0.717) is 23.4 Å². The quantitative estimate of drug-likeness (QED) is 0.329. The van der Waals surface area contributed by atoms with Crippen LogP contribution in [0.3, 0.4) is 0 Å². The van der Waals surface area contributed by atoms with Crippen molar-refractivity contribution in [1.82, 2.24) is 4.90 Å². The minimum atomic E-state index is -0.452. The van der Waals surface area contributed by atoms with E-state index in [1.807, 2.05) is 18.2 Å². The fourth-order valence-electron chi connectivity index (χ4n) is 8.15. The summed E-state index contributed by atoms with van der Waals surface area (Å²) < 4.78 is 13.6. The molecular formula is C36H46N2O3. The third kappa shape index (κ3) is 5.89. The van der Waals surface area contributed by atoms with Crippen molar-refractivity contribution in [3.8, 4) is 11.1 Å². The second-order valence-corrected chi connectivity index (χ2v) is 13.9. The summed E-state index contributed by atoms with van der Waals surface area (Å²) in [4.78, 5) is 2.72. The molecule has 41 heavy (non-hydrogen) atoms. The topological polar surface area (TPSA) is 68.0 Å². The highest BCUT2D eigenvalue weighted by atomic mass is 16.7. The number of nitrogens with two attached hydrogens (primary N) is 1. The predicted molar refractivity (Wildman–Crippen MR) is 164 cm³/mol. The van der Waals surface area contributed by atoms with Crippen LogP contribution in [0.25, 0.3) is 11.1 Å². The summed E-state index contributed by atoms with van der Waals surface area (Å²) in [6.45, 7) is 12.2. The molecule has 3 aromatic carbocycles. The molecule has 2 heterocycles. The number of aliphatic hydroxyl groups is 1. The van der Waals surface area contributed by atoms with Gasteiger partial charge in [0, 0.05) is 37.2 Å². The number of hydrogen-bond donors (Lipinski definition) is 2. The van der Waals surface area contributed by atoms with Crippen LogP contribution < -0.4 is 5.73 Å². The maximum atomic E-state index is 9.59. The Hall–Kier alpha value is -2.54. The molecule has 3 N–H and O–H groups in total. The Labute approximate surface area is 245 Å². The summed E-state index contributed by atoms with van der Waals surface area (Å²) in [5, 5.41) is 9.59. The van der Waals surface area contributed by atoms with Crippen molar-refractivity contribution < 1.29 is 14.6 Å². The van der Waals surface area contributed by atoms with Gasteiger partial charge in [0.2, 0.25) is 0 Å². The minimum absolute atomic E-state index is 0.0416. The van der Waals surface area contributed by atoms with Gasteiger partial charge in [-0.25, -0.2) is 0 Å². The molecule has 2 aliphatic heterocycles. The molecule has 3 aromatic rings. The molecule has 0 radical (unpaired) electrons. The van der Waals surface area contributed by atoms with E-state index in [4.69, 9.17) is 15.2 Å². The van der Waals surface area contributed by atoms with Gasteiger partial charge in [-0.3, -0.25) is 4.90 Å². The first-order valence-corrected chi connectivity index (χ1v) is 15.3. The van der Waals surface area contributed by atoms with E-state index < -0.39 is 6.29 Å². The average Bonchev–Trinajstić information content (AvgIpc) is 3.21. The first-order chi connectivity index (χ1) is 19.7. The standard InChI is InChI=1S/C36H46N2O3/c1-24-32(20-38-23-36(4)18-30(38)17-35(2,3)22-36)40-34(41-33(24)27-11-9-25(21-39)10-12-27)28-15-13-26(14-16-28)31-8-6-5-7-29(31)19-37/h5-16,24,30,32-34,39H,17-23,37H2,1-4H3/t24-,30?,32+,33+,34+,36?/m1/s1. The fourth-order valence-corrected chi connectivity index (χ4v) is 8.15. The monoisotopic (exact) mass is 554 g/mol. The van der Waals surface area contributed by atoms with Crippen molar-refractivity contribution in [2.45, 2.75) is 84.6 Å². The number of nitrogens with zero attached hydrogens (tertiary/aromatic N) is 1. The number of benzene rings is 3. The van der Waals surface area contributed by atoms with E-state index in [1.54, 1.807) is 0 Å². The summed E-state index contributed by atoms with van der Waals surface area (Å²) in [7, 11) is 0. The van der Waals surface area contributed by atoms with Crippen molar-refractivity contribution in [2.24, 2.45) is 22.5 Å². The van der Waals surface area contributed by atoms with Crippen molar-refractivity contribution in [1.29, 1.82) is 0 Å². The number of likely N-dealkylation sites (tertiary alicyclic amines) is 1. The van der Waals surface area contributed by atoms with Crippen molar-refractivity contribution in [2.75, 3.05) is 13.1 Å². The van der Waals surface area contributed by atoms with Crippen LogP contribution in [-0.4, -0.2) is 35.2 Å². The third-order valence-electron chi connectivity index (χ3n) is 9.79.